The number of fused-ring (bicyclic) bond motifs is 1. The maximum atomic E-state index is 6.39. The van der Waals surface area contributed by atoms with Crippen LogP contribution in [0.4, 0.5) is 0 Å². The molecule has 1 aliphatic carbocycles. The molecular weight excluding hydrogens is 298 g/mol. The van der Waals surface area contributed by atoms with Gasteiger partial charge in [0.1, 0.15) is 5.65 Å². The highest BCUT2D eigenvalue weighted by Gasteiger charge is 2.38. The highest BCUT2D eigenvalue weighted by atomic mass is 16.5. The van der Waals surface area contributed by atoms with Crippen LogP contribution in [0.3, 0.4) is 0 Å². The van der Waals surface area contributed by atoms with Crippen molar-refractivity contribution in [3.8, 4) is 0 Å². The van der Waals surface area contributed by atoms with Gasteiger partial charge in [-0.3, -0.25) is 4.90 Å². The maximum absolute atomic E-state index is 6.39. The van der Waals surface area contributed by atoms with Crippen LogP contribution in [0, 0.1) is 12.8 Å². The molecule has 0 amide bonds. The van der Waals surface area contributed by atoms with E-state index in [9.17, 15) is 0 Å². The predicted octanol–water partition coefficient (Wildman–Crippen LogP) is 3.81. The number of rotatable bonds is 6. The molecule has 4 rings (SSSR count). The largest absolute Gasteiger partial charge is 0.372 e. The average Bonchev–Trinajstić information content (AvgIpc) is 3.34. The fraction of sp³-hybridized carbons (Fsp3) is 0.650. The first-order chi connectivity index (χ1) is 11.7. The Balaban J connectivity index is 1.46. The molecule has 0 N–H and O–H groups in total. The minimum atomic E-state index is 0.406. The van der Waals surface area contributed by atoms with Gasteiger partial charge in [0, 0.05) is 32.0 Å². The van der Waals surface area contributed by atoms with Gasteiger partial charge >= 0.3 is 0 Å². The van der Waals surface area contributed by atoms with Crippen LogP contribution in [0.1, 0.15) is 50.3 Å². The number of aryl methyl sites for hydroxylation is 1. The third-order valence-electron chi connectivity index (χ3n) is 5.33. The maximum Gasteiger partial charge on any atom is 0.137 e. The van der Waals surface area contributed by atoms with E-state index < -0.39 is 0 Å². The van der Waals surface area contributed by atoms with Crippen molar-refractivity contribution in [3.05, 3.63) is 35.8 Å². The van der Waals surface area contributed by atoms with E-state index >= 15 is 0 Å². The Kier molecular flexibility index (Phi) is 4.59. The lowest BCUT2D eigenvalue weighted by atomic mass is 10.1. The molecule has 2 aliphatic rings. The molecule has 1 saturated carbocycles. The van der Waals surface area contributed by atoms with Crippen LogP contribution < -0.4 is 0 Å². The molecule has 1 saturated heterocycles. The molecule has 0 unspecified atom stereocenters. The summed E-state index contributed by atoms with van der Waals surface area (Å²) in [5.74, 6) is 0.806. The van der Waals surface area contributed by atoms with Crippen LogP contribution in [0.2, 0.25) is 0 Å². The predicted molar refractivity (Wildman–Crippen MR) is 96.1 cm³/mol. The molecule has 2 atom stereocenters. The summed E-state index contributed by atoms with van der Waals surface area (Å²) in [6, 6.07) is 4.24. The summed E-state index contributed by atoms with van der Waals surface area (Å²) in [5.41, 5.74) is 3.49. The summed E-state index contributed by atoms with van der Waals surface area (Å²) in [7, 11) is 0. The molecule has 130 valence electrons. The Morgan fingerprint density at radius 3 is 2.88 bits per heavy atom. The molecule has 0 aromatic carbocycles. The first kappa shape index (κ1) is 16.1. The van der Waals surface area contributed by atoms with Crippen LogP contribution in [0.5, 0.6) is 0 Å². The number of hydrogen-bond donors (Lipinski definition) is 0. The van der Waals surface area contributed by atoms with Crippen LogP contribution in [0.15, 0.2) is 24.5 Å². The van der Waals surface area contributed by atoms with E-state index in [2.05, 4.69) is 47.7 Å². The number of pyridine rings is 1. The molecule has 24 heavy (non-hydrogen) atoms. The topological polar surface area (TPSA) is 29.8 Å². The molecule has 4 nitrogen and oxygen atoms in total. The molecule has 3 heterocycles. The summed E-state index contributed by atoms with van der Waals surface area (Å²) in [4.78, 5) is 7.37. The molecular formula is C20H29N3O. The number of ether oxygens (including phenoxy) is 1. The van der Waals surface area contributed by atoms with Crippen molar-refractivity contribution in [2.45, 2.75) is 64.7 Å². The van der Waals surface area contributed by atoms with Crippen LogP contribution in [-0.2, 0) is 11.3 Å². The lowest BCUT2D eigenvalue weighted by molar-refractivity contribution is -0.0995. The van der Waals surface area contributed by atoms with Gasteiger partial charge in [-0.05, 0) is 43.7 Å². The molecule has 4 heteroatoms. The van der Waals surface area contributed by atoms with Crippen molar-refractivity contribution in [2.24, 2.45) is 5.92 Å². The first-order valence-corrected chi connectivity index (χ1v) is 9.53. The van der Waals surface area contributed by atoms with E-state index in [0.29, 0.717) is 12.2 Å². The summed E-state index contributed by atoms with van der Waals surface area (Å²) in [6.07, 6.45) is 11.6. The summed E-state index contributed by atoms with van der Waals surface area (Å²) < 4.78 is 8.54. The standard InChI is InChI=1S/C20H29N3O/c1-3-4-5-18-13-22(14-19(24-18)16-7-8-16)11-17-12-23-10-15(2)6-9-20(23)21-17/h6,9-10,12,16,18-19H,3-5,7-8,11,13-14H2,1-2H3/t18-,19-/m1/s1. The zero-order valence-corrected chi connectivity index (χ0v) is 14.9. The number of nitrogens with zero attached hydrogens (tertiary/aromatic N) is 3. The van der Waals surface area contributed by atoms with Crippen LogP contribution >= 0.6 is 0 Å². The second kappa shape index (κ2) is 6.85. The Bertz CT molecular complexity index is 691. The van der Waals surface area contributed by atoms with Crippen molar-refractivity contribution in [2.75, 3.05) is 13.1 Å². The summed E-state index contributed by atoms with van der Waals surface area (Å²) >= 11 is 0. The van der Waals surface area contributed by atoms with E-state index in [1.807, 2.05) is 0 Å². The van der Waals surface area contributed by atoms with E-state index in [4.69, 9.17) is 9.72 Å². The zero-order chi connectivity index (χ0) is 16.5. The Morgan fingerprint density at radius 1 is 1.21 bits per heavy atom. The monoisotopic (exact) mass is 327 g/mol. The number of morpholine rings is 1. The minimum Gasteiger partial charge on any atom is -0.372 e. The number of unbranched alkanes of at least 4 members (excludes halogenated alkanes) is 1. The molecule has 2 fully saturated rings. The van der Waals surface area contributed by atoms with Crippen molar-refractivity contribution in [1.29, 1.82) is 0 Å². The Hall–Kier alpha value is -1.39. The SMILES string of the molecule is CCCC[C@@H]1CN(Cc2cn3cc(C)ccc3n2)C[C@H](C2CC2)O1. The number of aromatic nitrogens is 2. The van der Waals surface area contributed by atoms with E-state index in [0.717, 1.165) is 31.2 Å². The van der Waals surface area contributed by atoms with E-state index in [-0.39, 0.29) is 0 Å². The van der Waals surface area contributed by atoms with Gasteiger partial charge in [0.25, 0.3) is 0 Å². The van der Waals surface area contributed by atoms with E-state index in [1.165, 1.54) is 43.4 Å². The normalized spacial score (nSPS) is 25.4. The zero-order valence-electron chi connectivity index (χ0n) is 14.9. The molecule has 0 bridgehead atoms. The molecule has 1 aliphatic heterocycles. The van der Waals surface area contributed by atoms with Gasteiger partial charge in [-0.15, -0.1) is 0 Å². The van der Waals surface area contributed by atoms with Crippen molar-refractivity contribution in [3.63, 3.8) is 0 Å². The molecule has 0 spiro atoms. The quantitative estimate of drug-likeness (QED) is 0.808. The fourth-order valence-corrected chi connectivity index (χ4v) is 3.86. The van der Waals surface area contributed by atoms with Crippen molar-refractivity contribution < 1.29 is 4.74 Å². The number of hydrogen-bond acceptors (Lipinski definition) is 3. The smallest absolute Gasteiger partial charge is 0.137 e. The molecule has 2 aromatic heterocycles. The fourth-order valence-electron chi connectivity index (χ4n) is 3.86. The average molecular weight is 327 g/mol. The van der Waals surface area contributed by atoms with Gasteiger partial charge < -0.3 is 9.14 Å². The highest BCUT2D eigenvalue weighted by Crippen LogP contribution is 2.37. The van der Waals surface area contributed by atoms with Gasteiger partial charge in [-0.2, -0.15) is 0 Å². The van der Waals surface area contributed by atoms with Gasteiger partial charge in [0.05, 0.1) is 17.9 Å². The second-order valence-electron chi connectivity index (χ2n) is 7.67. The van der Waals surface area contributed by atoms with E-state index in [1.54, 1.807) is 0 Å². The van der Waals surface area contributed by atoms with Crippen LogP contribution in [0.25, 0.3) is 5.65 Å². The lowest BCUT2D eigenvalue weighted by Gasteiger charge is -2.38. The minimum absolute atomic E-state index is 0.406. The first-order valence-electron chi connectivity index (χ1n) is 9.53. The Morgan fingerprint density at radius 2 is 2.08 bits per heavy atom. The highest BCUT2D eigenvalue weighted by molar-refractivity contribution is 5.41. The third kappa shape index (κ3) is 3.65. The number of imidazole rings is 1. The van der Waals surface area contributed by atoms with Gasteiger partial charge in [0.15, 0.2) is 0 Å². The van der Waals surface area contributed by atoms with Crippen molar-refractivity contribution >= 4 is 5.65 Å². The third-order valence-corrected chi connectivity index (χ3v) is 5.33. The Labute approximate surface area is 144 Å². The lowest BCUT2D eigenvalue weighted by Crippen LogP contribution is -2.48. The van der Waals surface area contributed by atoms with Crippen molar-refractivity contribution in [1.82, 2.24) is 14.3 Å². The second-order valence-corrected chi connectivity index (χ2v) is 7.67. The van der Waals surface area contributed by atoms with Gasteiger partial charge in [-0.1, -0.05) is 25.8 Å². The molecule has 2 aromatic rings. The molecule has 0 radical (unpaired) electrons. The van der Waals surface area contributed by atoms with Gasteiger partial charge in [-0.25, -0.2) is 4.98 Å². The van der Waals surface area contributed by atoms with Gasteiger partial charge in [0.2, 0.25) is 0 Å². The summed E-state index contributed by atoms with van der Waals surface area (Å²) in [6.45, 7) is 7.45. The van der Waals surface area contributed by atoms with Crippen LogP contribution in [-0.4, -0.2) is 39.6 Å². The summed E-state index contributed by atoms with van der Waals surface area (Å²) in [5, 5.41) is 0.